The van der Waals surface area contributed by atoms with Gasteiger partial charge in [-0.3, -0.25) is 19.2 Å². The Morgan fingerprint density at radius 2 is 1.88 bits per heavy atom. The van der Waals surface area contributed by atoms with E-state index >= 15 is 0 Å². The predicted molar refractivity (Wildman–Crippen MR) is 166 cm³/mol. The van der Waals surface area contributed by atoms with Crippen LogP contribution in [0.1, 0.15) is 88.3 Å². The predicted octanol–water partition coefficient (Wildman–Crippen LogP) is 4.44. The van der Waals surface area contributed by atoms with Crippen LogP contribution in [0.2, 0.25) is 0 Å². The maximum Gasteiger partial charge on any atom is 0.328 e. The summed E-state index contributed by atoms with van der Waals surface area (Å²) in [4.78, 5) is 68.5. The molecule has 0 unspecified atom stereocenters. The second-order valence-electron chi connectivity index (χ2n) is 9.76. The topological polar surface area (TPSA) is 144 Å². The van der Waals surface area contributed by atoms with E-state index in [1.807, 2.05) is 0 Å². The summed E-state index contributed by atoms with van der Waals surface area (Å²) in [6, 6.07) is 2.39. The average molecular weight is 619 g/mol. The zero-order chi connectivity index (χ0) is 30.9. The third-order valence-electron chi connectivity index (χ3n) is 6.34. The molecule has 10 nitrogen and oxygen atoms in total. The molecular weight excluding hydrogens is 576 g/mol. The summed E-state index contributed by atoms with van der Waals surface area (Å²) in [5.41, 5.74) is 0.535. The monoisotopic (exact) mass is 618 g/mol. The minimum absolute atomic E-state index is 0.0382. The molecule has 1 aromatic rings. The molecule has 0 fully saturated rings. The van der Waals surface area contributed by atoms with Crippen LogP contribution in [0.25, 0.3) is 0 Å². The lowest BCUT2D eigenvalue weighted by Gasteiger charge is -2.20. The first-order chi connectivity index (χ1) is 20.2. The number of nitrogens with zero attached hydrogens (tertiary/aromatic N) is 1. The fourth-order valence-electron chi connectivity index (χ4n) is 3.97. The highest BCUT2D eigenvalue weighted by molar-refractivity contribution is 8.13. The van der Waals surface area contributed by atoms with Crippen LogP contribution in [0, 0.1) is 0 Å². The Labute approximate surface area is 256 Å². The maximum atomic E-state index is 13.0. The summed E-state index contributed by atoms with van der Waals surface area (Å²) in [5.74, 6) is -1.78. The van der Waals surface area contributed by atoms with Crippen molar-refractivity contribution in [2.24, 2.45) is 0 Å². The normalized spacial score (nSPS) is 19.8. The minimum atomic E-state index is -1.05. The van der Waals surface area contributed by atoms with Crippen molar-refractivity contribution in [3.8, 4) is 0 Å². The van der Waals surface area contributed by atoms with Crippen LogP contribution in [0.3, 0.4) is 0 Å². The molecule has 0 spiro atoms. The van der Waals surface area contributed by atoms with Gasteiger partial charge in [-0.1, -0.05) is 56.5 Å². The zero-order valence-corrected chi connectivity index (χ0v) is 26.5. The number of esters is 1. The molecule has 1 aliphatic heterocycles. The molecule has 2 bridgehead atoms. The molecule has 0 aliphatic carbocycles. The van der Waals surface area contributed by atoms with Crippen LogP contribution >= 0.6 is 23.5 Å². The van der Waals surface area contributed by atoms with Crippen molar-refractivity contribution in [3.05, 3.63) is 47.4 Å². The third-order valence-corrected chi connectivity index (χ3v) is 8.07. The molecule has 2 atom stereocenters. The van der Waals surface area contributed by atoms with Crippen molar-refractivity contribution in [3.63, 3.8) is 0 Å². The van der Waals surface area contributed by atoms with E-state index < -0.39 is 29.9 Å². The lowest BCUT2D eigenvalue weighted by molar-refractivity contribution is -0.151. The van der Waals surface area contributed by atoms with Gasteiger partial charge in [0.05, 0.1) is 18.7 Å². The van der Waals surface area contributed by atoms with Crippen molar-refractivity contribution in [2.45, 2.75) is 95.7 Å². The Hall–Kier alpha value is -3.12. The SMILES string of the molecule is C/C=C1\NC(=O)c2nc(ccc2SC)CNC(=O)C[C@@H](/C=C/CCSC(=O)CCCCCCC)OC(=O)[C@H](C)NC1=O. The van der Waals surface area contributed by atoms with Crippen molar-refractivity contribution < 1.29 is 28.7 Å². The number of rotatable bonds is 11. The zero-order valence-electron chi connectivity index (χ0n) is 24.8. The number of cyclic esters (lactones) is 1. The van der Waals surface area contributed by atoms with E-state index in [2.05, 4.69) is 27.9 Å². The van der Waals surface area contributed by atoms with Gasteiger partial charge in [-0.25, -0.2) is 9.78 Å². The Morgan fingerprint density at radius 1 is 1.12 bits per heavy atom. The molecule has 230 valence electrons. The van der Waals surface area contributed by atoms with Gasteiger partial charge in [0.1, 0.15) is 23.5 Å². The molecule has 1 aromatic heterocycles. The lowest BCUT2D eigenvalue weighted by atomic mass is 10.1. The molecule has 3 amide bonds. The second kappa shape index (κ2) is 19.1. The Morgan fingerprint density at radius 3 is 2.60 bits per heavy atom. The van der Waals surface area contributed by atoms with E-state index in [0.29, 0.717) is 29.2 Å². The summed E-state index contributed by atoms with van der Waals surface area (Å²) in [6.07, 6.45) is 12.2. The number of allylic oxidation sites excluding steroid dienone is 2. The number of carbonyl (C=O) groups excluding carboxylic acids is 5. The van der Waals surface area contributed by atoms with Crippen LogP contribution in [0.4, 0.5) is 0 Å². The van der Waals surface area contributed by atoms with Gasteiger partial charge in [0.25, 0.3) is 11.8 Å². The minimum Gasteiger partial charge on any atom is -0.456 e. The smallest absolute Gasteiger partial charge is 0.328 e. The van der Waals surface area contributed by atoms with E-state index in [9.17, 15) is 24.0 Å². The first-order valence-electron chi connectivity index (χ1n) is 14.3. The van der Waals surface area contributed by atoms with Gasteiger partial charge in [-0.05, 0) is 51.2 Å². The van der Waals surface area contributed by atoms with Crippen LogP contribution in [-0.2, 0) is 30.5 Å². The van der Waals surface area contributed by atoms with Gasteiger partial charge in [0.2, 0.25) is 5.91 Å². The number of ether oxygens (including phenoxy) is 1. The van der Waals surface area contributed by atoms with Gasteiger partial charge >= 0.3 is 5.97 Å². The molecule has 0 radical (unpaired) electrons. The fourth-order valence-corrected chi connectivity index (χ4v) is 5.27. The van der Waals surface area contributed by atoms with E-state index in [1.165, 1.54) is 49.4 Å². The van der Waals surface area contributed by atoms with Gasteiger partial charge in [-0.15, -0.1) is 11.8 Å². The van der Waals surface area contributed by atoms with Crippen molar-refractivity contribution >= 4 is 52.3 Å². The molecule has 12 heteroatoms. The van der Waals surface area contributed by atoms with E-state index in [0.717, 1.165) is 19.3 Å². The third kappa shape index (κ3) is 12.4. The maximum absolute atomic E-state index is 13.0. The summed E-state index contributed by atoms with van der Waals surface area (Å²) in [7, 11) is 0. The molecular formula is C30H42N4O6S2. The summed E-state index contributed by atoms with van der Waals surface area (Å²) < 4.78 is 5.56. The van der Waals surface area contributed by atoms with Gasteiger partial charge in [0, 0.05) is 17.1 Å². The molecule has 42 heavy (non-hydrogen) atoms. The highest BCUT2D eigenvalue weighted by atomic mass is 32.2. The lowest BCUT2D eigenvalue weighted by Crippen LogP contribution is -2.44. The number of unbranched alkanes of at least 4 members (excludes halogenated alkanes) is 4. The van der Waals surface area contributed by atoms with Crippen molar-refractivity contribution in [1.82, 2.24) is 20.9 Å². The first-order valence-corrected chi connectivity index (χ1v) is 16.5. The molecule has 0 saturated heterocycles. The summed E-state index contributed by atoms with van der Waals surface area (Å²) in [6.45, 7) is 5.26. The van der Waals surface area contributed by atoms with Crippen molar-refractivity contribution in [1.29, 1.82) is 0 Å². The number of fused-ring (bicyclic) bond motifs is 2. The largest absolute Gasteiger partial charge is 0.456 e. The highest BCUT2D eigenvalue weighted by Crippen LogP contribution is 2.20. The average Bonchev–Trinajstić information content (AvgIpc) is 2.97. The number of aromatic nitrogens is 1. The number of hydrogen-bond donors (Lipinski definition) is 3. The molecule has 0 saturated carbocycles. The van der Waals surface area contributed by atoms with E-state index in [1.54, 1.807) is 37.5 Å². The van der Waals surface area contributed by atoms with Crippen LogP contribution in [0.5, 0.6) is 0 Å². The Bertz CT molecular complexity index is 1170. The first kappa shape index (κ1) is 35.1. The van der Waals surface area contributed by atoms with E-state index in [-0.39, 0.29) is 35.4 Å². The van der Waals surface area contributed by atoms with Crippen LogP contribution in [0.15, 0.2) is 41.0 Å². The second-order valence-corrected chi connectivity index (χ2v) is 11.8. The number of nitrogens with one attached hydrogen (secondary N) is 3. The van der Waals surface area contributed by atoms with Gasteiger partial charge < -0.3 is 20.7 Å². The molecule has 0 aromatic carbocycles. The van der Waals surface area contributed by atoms with E-state index in [4.69, 9.17) is 4.74 Å². The fraction of sp³-hybridized carbons (Fsp3) is 0.533. The molecule has 2 rings (SSSR count). The number of carbonyl (C=O) groups is 5. The quantitative estimate of drug-likeness (QED) is 0.108. The van der Waals surface area contributed by atoms with Crippen molar-refractivity contribution in [2.75, 3.05) is 12.0 Å². The highest BCUT2D eigenvalue weighted by Gasteiger charge is 2.25. The van der Waals surface area contributed by atoms with Gasteiger partial charge in [-0.2, -0.15) is 0 Å². The number of pyridine rings is 1. The molecule has 3 N–H and O–H groups in total. The molecule has 1 aliphatic rings. The number of amides is 3. The molecule has 2 heterocycles. The Kier molecular flexibility index (Phi) is 16.0. The number of thioether (sulfide) groups is 2. The Balaban J connectivity index is 2.11. The van der Waals surface area contributed by atoms with Gasteiger partial charge in [0.15, 0.2) is 5.12 Å². The van der Waals surface area contributed by atoms with Crippen LogP contribution in [-0.4, -0.2) is 57.9 Å². The standard InChI is InChI=1S/C30H42N4O6S2/c1-5-7-8-9-10-14-26(36)42-17-12-11-13-22-18-25(35)31-19-21-15-16-24(41-4)27(33-21)29(38)34-23(6-2)28(37)32-20(3)30(39)40-22/h6,11,13,15-16,20,22H,5,7-10,12,14,17-19H2,1-4H3,(H,31,35)(H,32,37)(H,34,38)/b13-11+,23-6-/t20-,22+/m0/s1. The summed E-state index contributed by atoms with van der Waals surface area (Å²) >= 11 is 2.61. The summed E-state index contributed by atoms with van der Waals surface area (Å²) in [5, 5.41) is 8.02. The number of hydrogen-bond acceptors (Lipinski definition) is 9. The van der Waals surface area contributed by atoms with Crippen LogP contribution < -0.4 is 16.0 Å².